The SMILES string of the molecule is CC(C)(C)c1ccc(C(N)CC2COCCN2)cc1. The second kappa shape index (κ2) is 6.04. The monoisotopic (exact) mass is 262 g/mol. The first kappa shape index (κ1) is 14.5. The third kappa shape index (κ3) is 4.03. The minimum Gasteiger partial charge on any atom is -0.379 e. The van der Waals surface area contributed by atoms with Crippen molar-refractivity contribution in [1.29, 1.82) is 0 Å². The molecule has 1 aromatic carbocycles. The third-order valence-corrected chi connectivity index (χ3v) is 3.74. The molecule has 0 aliphatic carbocycles. The van der Waals surface area contributed by atoms with E-state index >= 15 is 0 Å². The fraction of sp³-hybridized carbons (Fsp3) is 0.625. The van der Waals surface area contributed by atoms with Gasteiger partial charge >= 0.3 is 0 Å². The standard InChI is InChI=1S/C16H26N2O/c1-16(2,3)13-6-4-12(5-7-13)15(17)10-14-11-19-9-8-18-14/h4-7,14-15,18H,8-11,17H2,1-3H3. The van der Waals surface area contributed by atoms with Crippen molar-refractivity contribution in [3.8, 4) is 0 Å². The minimum atomic E-state index is 0.0771. The molecule has 0 spiro atoms. The summed E-state index contributed by atoms with van der Waals surface area (Å²) in [5.41, 5.74) is 9.04. The normalized spacial score (nSPS) is 22.2. The Kier molecular flexibility index (Phi) is 4.61. The molecular formula is C16H26N2O. The van der Waals surface area contributed by atoms with E-state index in [1.54, 1.807) is 0 Å². The van der Waals surface area contributed by atoms with Crippen molar-refractivity contribution in [1.82, 2.24) is 5.32 Å². The van der Waals surface area contributed by atoms with Gasteiger partial charge in [0.2, 0.25) is 0 Å². The second-order valence-electron chi connectivity index (χ2n) is 6.44. The fourth-order valence-corrected chi connectivity index (χ4v) is 2.44. The van der Waals surface area contributed by atoms with Gasteiger partial charge in [0, 0.05) is 18.6 Å². The summed E-state index contributed by atoms with van der Waals surface area (Å²) in [5.74, 6) is 0. The van der Waals surface area contributed by atoms with E-state index in [9.17, 15) is 0 Å². The number of hydrogen-bond acceptors (Lipinski definition) is 3. The van der Waals surface area contributed by atoms with Gasteiger partial charge in [-0.15, -0.1) is 0 Å². The largest absolute Gasteiger partial charge is 0.379 e. The molecule has 3 heteroatoms. The highest BCUT2D eigenvalue weighted by Gasteiger charge is 2.18. The Morgan fingerprint density at radius 1 is 1.32 bits per heavy atom. The van der Waals surface area contributed by atoms with Gasteiger partial charge in [-0.25, -0.2) is 0 Å². The number of rotatable bonds is 3. The molecule has 0 amide bonds. The van der Waals surface area contributed by atoms with E-state index in [0.717, 1.165) is 26.2 Å². The van der Waals surface area contributed by atoms with Gasteiger partial charge in [0.1, 0.15) is 0 Å². The maximum Gasteiger partial charge on any atom is 0.0620 e. The van der Waals surface area contributed by atoms with Gasteiger partial charge in [0.05, 0.1) is 13.2 Å². The number of morpholine rings is 1. The lowest BCUT2D eigenvalue weighted by atomic mass is 9.86. The average Bonchev–Trinajstić information content (AvgIpc) is 2.39. The molecule has 0 radical (unpaired) electrons. The maximum absolute atomic E-state index is 6.29. The van der Waals surface area contributed by atoms with Gasteiger partial charge in [0.25, 0.3) is 0 Å². The van der Waals surface area contributed by atoms with Crippen LogP contribution in [0.2, 0.25) is 0 Å². The Hall–Kier alpha value is -0.900. The summed E-state index contributed by atoms with van der Waals surface area (Å²) >= 11 is 0. The van der Waals surface area contributed by atoms with E-state index < -0.39 is 0 Å². The van der Waals surface area contributed by atoms with Crippen LogP contribution >= 0.6 is 0 Å². The molecule has 106 valence electrons. The lowest BCUT2D eigenvalue weighted by Crippen LogP contribution is -2.42. The molecule has 0 saturated carbocycles. The molecule has 1 aromatic rings. The summed E-state index contributed by atoms with van der Waals surface area (Å²) in [5, 5.41) is 3.45. The zero-order chi connectivity index (χ0) is 13.9. The molecule has 0 bridgehead atoms. The molecule has 2 atom stereocenters. The molecule has 19 heavy (non-hydrogen) atoms. The molecule has 2 unspecified atom stereocenters. The predicted octanol–water partition coefficient (Wildman–Crippen LogP) is 2.36. The molecule has 3 nitrogen and oxygen atoms in total. The van der Waals surface area contributed by atoms with Crippen molar-refractivity contribution in [3.05, 3.63) is 35.4 Å². The molecule has 3 N–H and O–H groups in total. The zero-order valence-electron chi connectivity index (χ0n) is 12.3. The van der Waals surface area contributed by atoms with Crippen LogP contribution in [-0.4, -0.2) is 25.8 Å². The molecule has 1 aliphatic heterocycles. The van der Waals surface area contributed by atoms with Gasteiger partial charge in [-0.1, -0.05) is 45.0 Å². The smallest absolute Gasteiger partial charge is 0.0620 e. The Morgan fingerprint density at radius 3 is 2.53 bits per heavy atom. The van der Waals surface area contributed by atoms with Crippen molar-refractivity contribution in [3.63, 3.8) is 0 Å². The lowest BCUT2D eigenvalue weighted by molar-refractivity contribution is 0.0720. The molecule has 1 saturated heterocycles. The molecule has 1 fully saturated rings. The highest BCUT2D eigenvalue weighted by molar-refractivity contribution is 5.29. The average molecular weight is 262 g/mol. The summed E-state index contributed by atoms with van der Waals surface area (Å²) in [6, 6.07) is 9.17. The highest BCUT2D eigenvalue weighted by atomic mass is 16.5. The van der Waals surface area contributed by atoms with Crippen molar-refractivity contribution < 1.29 is 4.74 Å². The van der Waals surface area contributed by atoms with Crippen molar-refractivity contribution in [2.75, 3.05) is 19.8 Å². The number of hydrogen-bond donors (Lipinski definition) is 2. The van der Waals surface area contributed by atoms with Crippen LogP contribution in [0, 0.1) is 0 Å². The van der Waals surface area contributed by atoms with Crippen molar-refractivity contribution >= 4 is 0 Å². The summed E-state index contributed by atoms with van der Waals surface area (Å²) < 4.78 is 5.46. The number of nitrogens with one attached hydrogen (secondary N) is 1. The Morgan fingerprint density at radius 2 is 2.00 bits per heavy atom. The fourth-order valence-electron chi connectivity index (χ4n) is 2.44. The van der Waals surface area contributed by atoms with E-state index in [1.807, 2.05) is 0 Å². The summed E-state index contributed by atoms with van der Waals surface area (Å²) in [7, 11) is 0. The quantitative estimate of drug-likeness (QED) is 0.879. The van der Waals surface area contributed by atoms with Gasteiger partial charge in [-0.3, -0.25) is 0 Å². The first-order valence-corrected chi connectivity index (χ1v) is 7.14. The maximum atomic E-state index is 6.29. The van der Waals surface area contributed by atoms with Crippen LogP contribution in [-0.2, 0) is 10.2 Å². The van der Waals surface area contributed by atoms with Crippen LogP contribution < -0.4 is 11.1 Å². The lowest BCUT2D eigenvalue weighted by Gasteiger charge is -2.26. The molecule has 1 heterocycles. The van der Waals surface area contributed by atoms with E-state index in [4.69, 9.17) is 10.5 Å². The Balaban J connectivity index is 1.97. The van der Waals surface area contributed by atoms with Crippen LogP contribution in [0.5, 0.6) is 0 Å². The summed E-state index contributed by atoms with van der Waals surface area (Å²) in [6.07, 6.45) is 0.925. The van der Waals surface area contributed by atoms with E-state index in [1.165, 1.54) is 11.1 Å². The molecule has 0 aromatic heterocycles. The second-order valence-corrected chi connectivity index (χ2v) is 6.44. The molecular weight excluding hydrogens is 236 g/mol. The van der Waals surface area contributed by atoms with Crippen LogP contribution in [0.3, 0.4) is 0 Å². The summed E-state index contributed by atoms with van der Waals surface area (Å²) in [6.45, 7) is 9.20. The first-order chi connectivity index (χ1) is 8.97. The van der Waals surface area contributed by atoms with Gasteiger partial charge in [-0.05, 0) is 23.0 Å². The topological polar surface area (TPSA) is 47.3 Å². The molecule has 1 aliphatic rings. The van der Waals surface area contributed by atoms with E-state index in [-0.39, 0.29) is 11.5 Å². The first-order valence-electron chi connectivity index (χ1n) is 7.14. The number of ether oxygens (including phenoxy) is 1. The van der Waals surface area contributed by atoms with Crippen LogP contribution in [0.15, 0.2) is 24.3 Å². The molecule has 2 rings (SSSR count). The van der Waals surface area contributed by atoms with Gasteiger partial charge in [0.15, 0.2) is 0 Å². The predicted molar refractivity (Wildman–Crippen MR) is 79.3 cm³/mol. The van der Waals surface area contributed by atoms with Crippen molar-refractivity contribution in [2.24, 2.45) is 5.73 Å². The van der Waals surface area contributed by atoms with Crippen LogP contribution in [0.4, 0.5) is 0 Å². The number of benzene rings is 1. The van der Waals surface area contributed by atoms with Crippen LogP contribution in [0.1, 0.15) is 44.4 Å². The Bertz CT molecular complexity index is 388. The van der Waals surface area contributed by atoms with E-state index in [2.05, 4.69) is 50.4 Å². The van der Waals surface area contributed by atoms with Crippen LogP contribution in [0.25, 0.3) is 0 Å². The van der Waals surface area contributed by atoms with Gasteiger partial charge < -0.3 is 15.8 Å². The van der Waals surface area contributed by atoms with Gasteiger partial charge in [-0.2, -0.15) is 0 Å². The zero-order valence-corrected chi connectivity index (χ0v) is 12.3. The number of nitrogens with two attached hydrogens (primary N) is 1. The third-order valence-electron chi connectivity index (χ3n) is 3.74. The highest BCUT2D eigenvalue weighted by Crippen LogP contribution is 2.24. The Labute approximate surface area is 116 Å². The summed E-state index contributed by atoms with van der Waals surface area (Å²) in [4.78, 5) is 0. The minimum absolute atomic E-state index is 0.0771. The van der Waals surface area contributed by atoms with Crippen molar-refractivity contribution in [2.45, 2.75) is 44.7 Å². The van der Waals surface area contributed by atoms with E-state index in [0.29, 0.717) is 6.04 Å².